The average molecular weight is 737 g/mol. The van der Waals surface area contributed by atoms with Crippen LogP contribution in [0.1, 0.15) is 61.3 Å². The summed E-state index contributed by atoms with van der Waals surface area (Å²) in [7, 11) is 1.57. The van der Waals surface area contributed by atoms with Crippen LogP contribution in [0.5, 0.6) is 11.5 Å². The van der Waals surface area contributed by atoms with Crippen molar-refractivity contribution in [2.24, 2.45) is 11.3 Å². The number of hydrogen-bond donors (Lipinski definition) is 4. The van der Waals surface area contributed by atoms with E-state index in [-0.39, 0.29) is 19.4 Å². The topological polar surface area (TPSA) is 181 Å². The number of carboxylic acids is 1. The van der Waals surface area contributed by atoms with E-state index in [1.165, 1.54) is 22.3 Å². The number of methoxy groups -OCH3 is 1. The fourth-order valence-corrected chi connectivity index (χ4v) is 7.04. The first-order valence-corrected chi connectivity index (χ1v) is 18.1. The highest BCUT2D eigenvalue weighted by molar-refractivity contribution is 7.14. The van der Waals surface area contributed by atoms with Gasteiger partial charge >= 0.3 is 12.1 Å². The number of carbonyl (C=O) groups excluding carboxylic acids is 3. The van der Waals surface area contributed by atoms with Gasteiger partial charge in [-0.1, -0.05) is 26.8 Å². The van der Waals surface area contributed by atoms with Crippen molar-refractivity contribution >= 4 is 51.2 Å². The zero-order valence-electron chi connectivity index (χ0n) is 30.9. The fraction of sp³-hybridized carbons (Fsp3) is 0.514. The molecule has 14 nitrogen and oxygen atoms in total. The highest BCUT2D eigenvalue weighted by Gasteiger charge is 2.61. The molecule has 4 N–H and O–H groups in total. The molecule has 3 amide bonds. The number of aliphatic carboxylic acids is 1. The van der Waals surface area contributed by atoms with E-state index < -0.39 is 64.5 Å². The predicted molar refractivity (Wildman–Crippen MR) is 198 cm³/mol. The number of rotatable bonds is 12. The Hall–Kier alpha value is -4.92. The van der Waals surface area contributed by atoms with Gasteiger partial charge in [0.15, 0.2) is 5.13 Å². The summed E-state index contributed by atoms with van der Waals surface area (Å²) in [5.74, 6) is -1.76. The summed E-state index contributed by atoms with van der Waals surface area (Å²) in [4.78, 5) is 64.6. The minimum absolute atomic E-state index is 0.0268. The van der Waals surface area contributed by atoms with E-state index >= 15 is 0 Å². The van der Waals surface area contributed by atoms with Gasteiger partial charge in [-0.25, -0.2) is 19.6 Å². The molecule has 1 saturated carbocycles. The van der Waals surface area contributed by atoms with E-state index in [1.54, 1.807) is 66.9 Å². The summed E-state index contributed by atoms with van der Waals surface area (Å²) >= 11 is 1.45. The van der Waals surface area contributed by atoms with Crippen LogP contribution >= 0.6 is 11.3 Å². The molecular formula is C37H48N6O8S. The summed E-state index contributed by atoms with van der Waals surface area (Å²) in [5, 5.41) is 22.0. The Labute approximate surface area is 307 Å². The van der Waals surface area contributed by atoms with E-state index in [1.807, 2.05) is 18.4 Å². The van der Waals surface area contributed by atoms with Gasteiger partial charge in [-0.2, -0.15) is 0 Å². The highest BCUT2D eigenvalue weighted by atomic mass is 32.1. The smallest absolute Gasteiger partial charge is 0.408 e. The molecule has 3 aromatic rings. The third-order valence-electron chi connectivity index (χ3n) is 9.02. The molecule has 3 heterocycles. The van der Waals surface area contributed by atoms with E-state index in [2.05, 4.69) is 27.5 Å². The maximum absolute atomic E-state index is 14.5. The van der Waals surface area contributed by atoms with Gasteiger partial charge in [-0.3, -0.25) is 9.59 Å². The van der Waals surface area contributed by atoms with Gasteiger partial charge in [0.2, 0.25) is 11.8 Å². The average Bonchev–Trinajstić information content (AvgIpc) is 3.34. The molecule has 280 valence electrons. The maximum atomic E-state index is 14.5. The van der Waals surface area contributed by atoms with Crippen molar-refractivity contribution < 1.29 is 38.5 Å². The molecule has 15 heteroatoms. The lowest BCUT2D eigenvalue weighted by molar-refractivity contribution is -0.146. The van der Waals surface area contributed by atoms with Crippen molar-refractivity contribution in [3.63, 3.8) is 0 Å². The summed E-state index contributed by atoms with van der Waals surface area (Å²) in [6.45, 7) is 16.9. The van der Waals surface area contributed by atoms with Crippen LogP contribution in [-0.4, -0.2) is 93.4 Å². The third-order valence-corrected chi connectivity index (χ3v) is 9.82. The van der Waals surface area contributed by atoms with E-state index in [4.69, 9.17) is 19.2 Å². The molecule has 1 aromatic carbocycles. The number of nitrogens with zero attached hydrogens (tertiary/aromatic N) is 3. The Morgan fingerprint density at radius 1 is 1.13 bits per heavy atom. The molecule has 5 rings (SSSR count). The maximum Gasteiger partial charge on any atom is 0.408 e. The zero-order chi connectivity index (χ0) is 38.2. The van der Waals surface area contributed by atoms with Crippen molar-refractivity contribution in [1.29, 1.82) is 0 Å². The number of nitrogens with one attached hydrogen (secondary N) is 3. The predicted octanol–water partition coefficient (Wildman–Crippen LogP) is 5.23. The van der Waals surface area contributed by atoms with E-state index in [0.29, 0.717) is 40.3 Å². The molecule has 0 bridgehead atoms. The molecule has 1 aliphatic carbocycles. The van der Waals surface area contributed by atoms with Gasteiger partial charge in [-0.15, -0.1) is 17.9 Å². The number of alkyl carbamates (subject to hydrolysis) is 1. The second kappa shape index (κ2) is 14.6. The number of aromatic nitrogens is 2. The van der Waals surface area contributed by atoms with Gasteiger partial charge in [0.05, 0.1) is 24.9 Å². The zero-order valence-corrected chi connectivity index (χ0v) is 31.7. The van der Waals surface area contributed by atoms with Crippen LogP contribution in [0.15, 0.2) is 42.3 Å². The third kappa shape index (κ3) is 8.24. The minimum atomic E-state index is -1.51. The number of hydrogen-bond acceptors (Lipinski definition) is 11. The number of fused-ring (bicyclic) bond motifs is 1. The van der Waals surface area contributed by atoms with Crippen molar-refractivity contribution in [3.8, 4) is 22.9 Å². The molecular weight excluding hydrogens is 689 g/mol. The number of likely N-dealkylation sites (tertiary alicyclic amines) is 1. The number of carboxylic acid groups (broad SMARTS) is 1. The van der Waals surface area contributed by atoms with E-state index in [9.17, 15) is 24.3 Å². The fourth-order valence-electron chi connectivity index (χ4n) is 6.27. The lowest BCUT2D eigenvalue weighted by Gasteiger charge is -2.35. The second-order valence-electron chi connectivity index (χ2n) is 15.2. The minimum Gasteiger partial charge on any atom is -0.497 e. The van der Waals surface area contributed by atoms with Crippen LogP contribution in [0.2, 0.25) is 0 Å². The number of anilines is 1. The molecule has 1 unspecified atom stereocenters. The summed E-state index contributed by atoms with van der Waals surface area (Å²) in [5.41, 5.74) is -1.35. The molecule has 0 spiro atoms. The van der Waals surface area contributed by atoms with Crippen LogP contribution in [-0.2, 0) is 19.1 Å². The number of amides is 3. The van der Waals surface area contributed by atoms with Crippen LogP contribution in [0, 0.1) is 11.3 Å². The normalized spacial score (nSPS) is 21.9. The molecule has 0 radical (unpaired) electrons. The molecule has 2 aromatic heterocycles. The Bertz CT molecular complexity index is 1870. The van der Waals surface area contributed by atoms with Gasteiger partial charge in [-0.05, 0) is 51.7 Å². The molecule has 2 fully saturated rings. The van der Waals surface area contributed by atoms with Gasteiger partial charge in [0.1, 0.15) is 46.5 Å². The highest BCUT2D eigenvalue weighted by Crippen LogP contribution is 2.45. The van der Waals surface area contributed by atoms with Crippen LogP contribution < -0.4 is 25.4 Å². The molecule has 1 saturated heterocycles. The van der Waals surface area contributed by atoms with Crippen molar-refractivity contribution in [2.45, 2.75) is 90.6 Å². The van der Waals surface area contributed by atoms with E-state index in [0.717, 1.165) is 5.13 Å². The summed E-state index contributed by atoms with van der Waals surface area (Å²) in [6.07, 6.45) is 0.250. The molecule has 52 heavy (non-hydrogen) atoms. The van der Waals surface area contributed by atoms with Gasteiger partial charge in [0, 0.05) is 41.8 Å². The lowest BCUT2D eigenvalue weighted by Crippen LogP contribution is -2.59. The number of benzene rings is 1. The molecule has 2 aliphatic rings. The Balaban J connectivity index is 1.51. The first kappa shape index (κ1) is 38.3. The quantitative estimate of drug-likeness (QED) is 0.179. The number of pyridine rings is 1. The first-order chi connectivity index (χ1) is 24.4. The lowest BCUT2D eigenvalue weighted by atomic mass is 9.85. The van der Waals surface area contributed by atoms with Crippen molar-refractivity contribution in [3.05, 3.63) is 42.3 Å². The first-order valence-electron chi connectivity index (χ1n) is 17.2. The number of ether oxygens (including phenoxy) is 3. The van der Waals surface area contributed by atoms with Gasteiger partial charge in [0.25, 0.3) is 0 Å². The monoisotopic (exact) mass is 736 g/mol. The number of carbonyl (C=O) groups is 4. The Morgan fingerprint density at radius 3 is 2.46 bits per heavy atom. The van der Waals surface area contributed by atoms with Crippen LogP contribution in [0.25, 0.3) is 22.3 Å². The Morgan fingerprint density at radius 2 is 1.87 bits per heavy atom. The largest absolute Gasteiger partial charge is 0.497 e. The van der Waals surface area contributed by atoms with Crippen LogP contribution in [0.3, 0.4) is 0 Å². The second-order valence-corrected chi connectivity index (χ2v) is 16.1. The molecule has 1 aliphatic heterocycles. The standard InChI is InChI=1S/C37H48N6O8S/c1-10-20-17-37(20,32(46)47)42-30(44)27-15-22(18-43(27)31(45)29(35(3,4)5)41-34(48)51-36(6,7)8)50-28-16-25(26-19-52-33(40-26)38-11-2)39-24-14-21(49-9)12-13-23(24)28/h10,12-14,16,19-20,22,27,29H,1,11,15,17-18H2,2-9H3,(H,38,40)(H,41,48)(H,42,44)(H,46,47)/t20-,22+,27-,29+,37?/m0/s1. The number of thiazole rings is 1. The Kier molecular flexibility index (Phi) is 10.8. The summed E-state index contributed by atoms with van der Waals surface area (Å²) < 4.78 is 17.6. The van der Waals surface area contributed by atoms with Crippen LogP contribution in [0.4, 0.5) is 9.93 Å². The van der Waals surface area contributed by atoms with Gasteiger partial charge < -0.3 is 40.2 Å². The van der Waals surface area contributed by atoms with Crippen molar-refractivity contribution in [2.75, 3.05) is 25.5 Å². The SMILES string of the molecule is C=C[C@H]1CC1(NC(=O)[C@@H]1C[C@@H](Oc2cc(-c3csc(NCC)n3)nc3cc(OC)ccc23)CN1C(=O)[C@@H](NC(=O)OC(C)(C)C)C(C)(C)C)C(=O)O. The molecule has 5 atom stereocenters. The van der Waals surface area contributed by atoms with Crippen molar-refractivity contribution in [1.82, 2.24) is 25.5 Å². The summed E-state index contributed by atoms with van der Waals surface area (Å²) in [6, 6.07) is 4.97.